The molecule has 2 aromatic rings. The lowest BCUT2D eigenvalue weighted by Crippen LogP contribution is -2.39. The van der Waals surface area contributed by atoms with Crippen molar-refractivity contribution in [1.82, 2.24) is 9.21 Å². The molecule has 1 atom stereocenters. The van der Waals surface area contributed by atoms with E-state index in [0.29, 0.717) is 12.2 Å². The summed E-state index contributed by atoms with van der Waals surface area (Å²) in [7, 11) is 2.85. The van der Waals surface area contributed by atoms with Crippen LogP contribution in [0.15, 0.2) is 47.4 Å². The summed E-state index contributed by atoms with van der Waals surface area (Å²) in [5.74, 6) is 0.550. The third-order valence-electron chi connectivity index (χ3n) is 4.90. The maximum atomic E-state index is 12.8. The molecule has 7 nitrogen and oxygen atoms in total. The molecule has 2 rings (SSSR count). The highest BCUT2D eigenvalue weighted by Gasteiger charge is 2.22. The van der Waals surface area contributed by atoms with Gasteiger partial charge >= 0.3 is 0 Å². The van der Waals surface area contributed by atoms with Gasteiger partial charge in [0.05, 0.1) is 18.0 Å². The number of aryl methyl sites for hydroxylation is 1. The fourth-order valence-electron chi connectivity index (χ4n) is 2.78. The van der Waals surface area contributed by atoms with Gasteiger partial charge in [0.1, 0.15) is 5.75 Å². The molecular formula is C21H29N3O4S. The molecule has 0 aromatic heterocycles. The number of amides is 1. The predicted molar refractivity (Wildman–Crippen MR) is 115 cm³/mol. The summed E-state index contributed by atoms with van der Waals surface area (Å²) in [6.07, 6.45) is 0. The molecule has 0 aliphatic heterocycles. The Morgan fingerprint density at radius 3 is 2.41 bits per heavy atom. The van der Waals surface area contributed by atoms with Crippen molar-refractivity contribution in [2.24, 2.45) is 0 Å². The van der Waals surface area contributed by atoms with Gasteiger partial charge in [-0.05, 0) is 44.7 Å². The molecule has 2 aromatic carbocycles. The van der Waals surface area contributed by atoms with E-state index in [1.807, 2.05) is 43.1 Å². The number of hydrogen-bond donors (Lipinski definition) is 1. The Balaban J connectivity index is 2.17. The predicted octanol–water partition coefficient (Wildman–Crippen LogP) is 2.71. The lowest BCUT2D eigenvalue weighted by molar-refractivity contribution is -0.120. The van der Waals surface area contributed by atoms with Crippen LogP contribution in [0.5, 0.6) is 5.75 Å². The zero-order valence-electron chi connectivity index (χ0n) is 17.8. The number of nitrogens with zero attached hydrogens (tertiary/aromatic N) is 2. The number of hydrogen-bond acceptors (Lipinski definition) is 5. The van der Waals surface area contributed by atoms with Crippen LogP contribution in [0.4, 0.5) is 5.69 Å². The van der Waals surface area contributed by atoms with Crippen molar-refractivity contribution in [1.29, 1.82) is 0 Å². The summed E-state index contributed by atoms with van der Waals surface area (Å²) in [4.78, 5) is 14.8. The molecule has 0 spiro atoms. The van der Waals surface area contributed by atoms with Gasteiger partial charge in [0.15, 0.2) is 0 Å². The zero-order valence-corrected chi connectivity index (χ0v) is 18.6. The number of carbonyl (C=O) groups excluding carboxylic acids is 1. The molecule has 8 heteroatoms. The van der Waals surface area contributed by atoms with Crippen molar-refractivity contribution >= 4 is 21.6 Å². The SMILES string of the molecule is COc1ccccc1CN(C)[C@@H](C)C(=O)Nc1cc(S(=O)(=O)N(C)C)ccc1C. The quantitative estimate of drug-likeness (QED) is 0.712. The Hall–Kier alpha value is -2.42. The molecule has 0 saturated carbocycles. The Morgan fingerprint density at radius 2 is 1.79 bits per heavy atom. The molecule has 0 aliphatic carbocycles. The average molecular weight is 420 g/mol. The molecule has 29 heavy (non-hydrogen) atoms. The van der Waals surface area contributed by atoms with E-state index in [4.69, 9.17) is 4.74 Å². The number of methoxy groups -OCH3 is 1. The topological polar surface area (TPSA) is 79.0 Å². The third kappa shape index (κ3) is 5.35. The van der Waals surface area contributed by atoms with Crippen LogP contribution >= 0.6 is 0 Å². The highest BCUT2D eigenvalue weighted by atomic mass is 32.2. The zero-order chi connectivity index (χ0) is 21.8. The Labute approximate surface area is 173 Å². The van der Waals surface area contributed by atoms with Gasteiger partial charge in [-0.2, -0.15) is 0 Å². The van der Waals surface area contributed by atoms with Gasteiger partial charge < -0.3 is 10.1 Å². The van der Waals surface area contributed by atoms with E-state index < -0.39 is 16.1 Å². The van der Waals surface area contributed by atoms with Crippen molar-refractivity contribution in [3.05, 3.63) is 53.6 Å². The number of sulfonamides is 1. The summed E-state index contributed by atoms with van der Waals surface area (Å²) in [6.45, 7) is 4.16. The molecule has 0 unspecified atom stereocenters. The van der Waals surface area contributed by atoms with Gasteiger partial charge in [-0.3, -0.25) is 9.69 Å². The first kappa shape index (κ1) is 22.9. The fraction of sp³-hybridized carbons (Fsp3) is 0.381. The molecule has 0 radical (unpaired) electrons. The number of rotatable bonds is 8. The Morgan fingerprint density at radius 1 is 1.14 bits per heavy atom. The molecule has 158 valence electrons. The molecule has 0 fully saturated rings. The first-order valence-electron chi connectivity index (χ1n) is 9.24. The van der Waals surface area contributed by atoms with E-state index in [2.05, 4.69) is 5.32 Å². The Bertz CT molecular complexity index is 974. The highest BCUT2D eigenvalue weighted by Crippen LogP contribution is 2.23. The number of anilines is 1. The van der Waals surface area contributed by atoms with Gasteiger partial charge in [-0.25, -0.2) is 12.7 Å². The minimum atomic E-state index is -3.58. The second-order valence-corrected chi connectivity index (χ2v) is 9.31. The van der Waals surface area contributed by atoms with E-state index in [9.17, 15) is 13.2 Å². The number of nitrogens with one attached hydrogen (secondary N) is 1. The maximum Gasteiger partial charge on any atom is 0.242 e. The van der Waals surface area contributed by atoms with Gasteiger partial charge in [0.25, 0.3) is 0 Å². The van der Waals surface area contributed by atoms with E-state index in [1.54, 1.807) is 20.1 Å². The summed E-state index contributed by atoms with van der Waals surface area (Å²) < 4.78 is 31.3. The van der Waals surface area contributed by atoms with Crippen LogP contribution < -0.4 is 10.1 Å². The normalized spacial score (nSPS) is 12.8. The molecule has 1 N–H and O–H groups in total. The van der Waals surface area contributed by atoms with Gasteiger partial charge in [0.2, 0.25) is 15.9 Å². The molecule has 1 amide bonds. The summed E-state index contributed by atoms with van der Waals surface area (Å²) in [5.41, 5.74) is 2.25. The monoisotopic (exact) mass is 419 g/mol. The molecule has 0 aliphatic rings. The molecular weight excluding hydrogens is 390 g/mol. The van der Waals surface area contributed by atoms with Crippen molar-refractivity contribution < 1.29 is 17.9 Å². The fourth-order valence-corrected chi connectivity index (χ4v) is 3.71. The van der Waals surface area contributed by atoms with Crippen molar-refractivity contribution in [2.75, 3.05) is 33.6 Å². The van der Waals surface area contributed by atoms with Crippen LogP contribution in [0, 0.1) is 6.92 Å². The maximum absolute atomic E-state index is 12.8. The lowest BCUT2D eigenvalue weighted by atomic mass is 10.1. The first-order chi connectivity index (χ1) is 13.6. The minimum absolute atomic E-state index is 0.137. The average Bonchev–Trinajstić information content (AvgIpc) is 2.69. The van der Waals surface area contributed by atoms with E-state index in [1.165, 1.54) is 26.2 Å². The van der Waals surface area contributed by atoms with Crippen LogP contribution in [-0.4, -0.2) is 57.8 Å². The van der Waals surface area contributed by atoms with Gasteiger partial charge in [-0.1, -0.05) is 24.3 Å². The van der Waals surface area contributed by atoms with E-state index >= 15 is 0 Å². The van der Waals surface area contributed by atoms with Crippen LogP contribution in [0.25, 0.3) is 0 Å². The van der Waals surface area contributed by atoms with E-state index in [0.717, 1.165) is 21.2 Å². The molecule has 0 bridgehead atoms. The lowest BCUT2D eigenvalue weighted by Gasteiger charge is -2.25. The smallest absolute Gasteiger partial charge is 0.242 e. The van der Waals surface area contributed by atoms with Crippen molar-refractivity contribution in [3.63, 3.8) is 0 Å². The number of likely N-dealkylation sites (N-methyl/N-ethyl adjacent to an activating group) is 1. The summed E-state index contributed by atoms with van der Waals surface area (Å²) >= 11 is 0. The number of carbonyl (C=O) groups is 1. The number of benzene rings is 2. The minimum Gasteiger partial charge on any atom is -0.496 e. The van der Waals surface area contributed by atoms with Crippen LogP contribution in [0.2, 0.25) is 0 Å². The van der Waals surface area contributed by atoms with Crippen LogP contribution in [0.1, 0.15) is 18.1 Å². The van der Waals surface area contributed by atoms with Crippen LogP contribution in [0.3, 0.4) is 0 Å². The molecule has 0 heterocycles. The largest absolute Gasteiger partial charge is 0.496 e. The van der Waals surface area contributed by atoms with Gasteiger partial charge in [-0.15, -0.1) is 0 Å². The first-order valence-corrected chi connectivity index (χ1v) is 10.7. The number of para-hydroxylation sites is 1. The second kappa shape index (κ2) is 9.39. The Kier molecular flexibility index (Phi) is 7.40. The van der Waals surface area contributed by atoms with Crippen molar-refractivity contribution in [3.8, 4) is 5.75 Å². The highest BCUT2D eigenvalue weighted by molar-refractivity contribution is 7.89. The summed E-state index contributed by atoms with van der Waals surface area (Å²) in [6, 6.07) is 12.0. The summed E-state index contributed by atoms with van der Waals surface area (Å²) in [5, 5.41) is 2.86. The van der Waals surface area contributed by atoms with Crippen molar-refractivity contribution in [2.45, 2.75) is 31.3 Å². The number of ether oxygens (including phenoxy) is 1. The van der Waals surface area contributed by atoms with Gasteiger partial charge in [0, 0.05) is 31.9 Å². The second-order valence-electron chi connectivity index (χ2n) is 7.16. The van der Waals surface area contributed by atoms with E-state index in [-0.39, 0.29) is 10.8 Å². The van der Waals surface area contributed by atoms with Crippen LogP contribution in [-0.2, 0) is 21.4 Å². The standard InChI is InChI=1S/C21H29N3O4S/c1-15-11-12-18(29(26,27)23(3)4)13-19(15)22-21(25)16(2)24(5)14-17-9-7-8-10-20(17)28-6/h7-13,16H,14H2,1-6H3,(H,22,25)/t16-/m0/s1. The molecule has 0 saturated heterocycles. The third-order valence-corrected chi connectivity index (χ3v) is 6.71.